The van der Waals surface area contributed by atoms with E-state index in [1.54, 1.807) is 26.2 Å². The molecule has 0 N–H and O–H groups in total. The van der Waals surface area contributed by atoms with Gasteiger partial charge in [-0.15, -0.1) is 10.2 Å². The minimum atomic E-state index is -3.45. The van der Waals surface area contributed by atoms with Gasteiger partial charge < -0.3 is 0 Å². The van der Waals surface area contributed by atoms with Crippen molar-refractivity contribution in [2.24, 2.45) is 0 Å². The summed E-state index contributed by atoms with van der Waals surface area (Å²) >= 11 is 1.54. The molecule has 26 heavy (non-hydrogen) atoms. The van der Waals surface area contributed by atoms with Gasteiger partial charge in [0.05, 0.1) is 4.90 Å². The third-order valence-corrected chi connectivity index (χ3v) is 8.03. The fraction of sp³-hybridized carbons (Fsp3) is 0.471. The van der Waals surface area contributed by atoms with Crippen molar-refractivity contribution >= 4 is 26.3 Å². The monoisotopic (exact) mass is 391 g/mol. The van der Waals surface area contributed by atoms with E-state index in [9.17, 15) is 8.42 Å². The van der Waals surface area contributed by atoms with Gasteiger partial charge in [-0.2, -0.15) is 13.9 Å². The summed E-state index contributed by atoms with van der Waals surface area (Å²) in [5, 5.41) is 13.7. The first kappa shape index (κ1) is 17.6. The molecule has 1 saturated heterocycles. The molecule has 138 valence electrons. The zero-order valence-electron chi connectivity index (χ0n) is 15.0. The highest BCUT2D eigenvalue weighted by Crippen LogP contribution is 2.33. The van der Waals surface area contributed by atoms with Crippen LogP contribution in [0.1, 0.15) is 40.7 Å². The Labute approximate surface area is 156 Å². The van der Waals surface area contributed by atoms with Crippen LogP contribution < -0.4 is 0 Å². The fourth-order valence-corrected chi connectivity index (χ4v) is 6.19. The smallest absolute Gasteiger partial charge is 0.207 e. The number of rotatable bonds is 3. The first-order chi connectivity index (χ1) is 12.4. The van der Waals surface area contributed by atoms with Crippen molar-refractivity contribution in [3.8, 4) is 0 Å². The van der Waals surface area contributed by atoms with E-state index in [2.05, 4.69) is 15.3 Å². The molecule has 0 spiro atoms. The summed E-state index contributed by atoms with van der Waals surface area (Å²) < 4.78 is 29.4. The highest BCUT2D eigenvalue weighted by molar-refractivity contribution is 7.89. The molecule has 0 radical (unpaired) electrons. The lowest BCUT2D eigenvalue weighted by Gasteiger charge is -2.30. The van der Waals surface area contributed by atoms with Crippen molar-refractivity contribution in [3.63, 3.8) is 0 Å². The molecule has 3 heterocycles. The van der Waals surface area contributed by atoms with E-state index in [-0.39, 0.29) is 5.92 Å². The van der Waals surface area contributed by atoms with E-state index in [1.165, 1.54) is 0 Å². The van der Waals surface area contributed by atoms with E-state index in [0.29, 0.717) is 18.0 Å². The van der Waals surface area contributed by atoms with Gasteiger partial charge in [0.1, 0.15) is 5.01 Å². The summed E-state index contributed by atoms with van der Waals surface area (Å²) in [6.07, 6.45) is 1.54. The van der Waals surface area contributed by atoms with Crippen molar-refractivity contribution in [3.05, 3.63) is 40.2 Å². The Morgan fingerprint density at radius 3 is 2.54 bits per heavy atom. The minimum absolute atomic E-state index is 0.270. The Kier molecular flexibility index (Phi) is 4.32. The van der Waals surface area contributed by atoms with E-state index < -0.39 is 10.0 Å². The number of piperidine rings is 1. The summed E-state index contributed by atoms with van der Waals surface area (Å²) in [7, 11) is -3.45. The second-order valence-electron chi connectivity index (χ2n) is 6.83. The van der Waals surface area contributed by atoms with Gasteiger partial charge in [-0.05, 0) is 50.8 Å². The second kappa shape index (κ2) is 6.40. The largest absolute Gasteiger partial charge is 0.243 e. The number of benzene rings is 1. The third kappa shape index (κ3) is 2.93. The number of fused-ring (bicyclic) bond motifs is 1. The van der Waals surface area contributed by atoms with E-state index in [4.69, 9.17) is 0 Å². The van der Waals surface area contributed by atoms with Crippen LogP contribution in [0.25, 0.3) is 4.96 Å². The molecule has 0 aliphatic carbocycles. The zero-order chi connectivity index (χ0) is 18.5. The summed E-state index contributed by atoms with van der Waals surface area (Å²) in [6.45, 7) is 6.67. The zero-order valence-corrected chi connectivity index (χ0v) is 16.6. The third-order valence-electron chi connectivity index (χ3n) is 4.93. The number of sulfonamides is 1. The van der Waals surface area contributed by atoms with Crippen molar-refractivity contribution in [1.29, 1.82) is 0 Å². The Bertz CT molecular complexity index is 1060. The molecule has 2 aromatic heterocycles. The SMILES string of the molecule is Cc1ccc(C)c(S(=O)(=O)N2CCC(c3nn4c(C)nnc4s3)CC2)c1. The standard InChI is InChI=1S/C17H21N5O2S2/c1-11-4-5-12(2)15(10-11)26(23,24)21-8-6-14(7-9-21)16-20-22-13(3)18-19-17(22)25-16/h4-5,10,14H,6-9H2,1-3H3. The average molecular weight is 392 g/mol. The Morgan fingerprint density at radius 2 is 1.85 bits per heavy atom. The maximum absolute atomic E-state index is 13.0. The van der Waals surface area contributed by atoms with Crippen LogP contribution in [0.3, 0.4) is 0 Å². The van der Waals surface area contributed by atoms with E-state index in [0.717, 1.165) is 39.8 Å². The summed E-state index contributed by atoms with van der Waals surface area (Å²) in [6, 6.07) is 5.58. The predicted octanol–water partition coefficient (Wildman–Crippen LogP) is 2.68. The maximum atomic E-state index is 13.0. The predicted molar refractivity (Wildman–Crippen MR) is 100 cm³/mol. The Balaban J connectivity index is 1.53. The Morgan fingerprint density at radius 1 is 1.12 bits per heavy atom. The van der Waals surface area contributed by atoms with Crippen LogP contribution in [0, 0.1) is 20.8 Å². The molecule has 1 aromatic carbocycles. The molecule has 1 aliphatic heterocycles. The van der Waals surface area contributed by atoms with Gasteiger partial charge in [0.25, 0.3) is 0 Å². The van der Waals surface area contributed by atoms with Crippen LogP contribution >= 0.6 is 11.3 Å². The quantitative estimate of drug-likeness (QED) is 0.686. The van der Waals surface area contributed by atoms with Crippen LogP contribution in [0.2, 0.25) is 0 Å². The number of hydrogen-bond donors (Lipinski definition) is 0. The van der Waals surface area contributed by atoms with Gasteiger partial charge in [0.15, 0.2) is 5.82 Å². The summed E-state index contributed by atoms with van der Waals surface area (Å²) in [5.74, 6) is 1.04. The van der Waals surface area contributed by atoms with Crippen molar-refractivity contribution in [2.45, 2.75) is 44.4 Å². The van der Waals surface area contributed by atoms with Crippen LogP contribution in [-0.2, 0) is 10.0 Å². The van der Waals surface area contributed by atoms with E-state index in [1.807, 2.05) is 32.9 Å². The molecule has 0 amide bonds. The van der Waals surface area contributed by atoms with Gasteiger partial charge >= 0.3 is 0 Å². The maximum Gasteiger partial charge on any atom is 0.243 e. The normalized spacial score (nSPS) is 17.2. The number of hydrogen-bond acceptors (Lipinski definition) is 6. The van der Waals surface area contributed by atoms with Crippen LogP contribution in [0.15, 0.2) is 23.1 Å². The van der Waals surface area contributed by atoms with Crippen molar-refractivity contribution in [2.75, 3.05) is 13.1 Å². The fourth-order valence-electron chi connectivity index (χ4n) is 3.36. The molecule has 3 aromatic rings. The topological polar surface area (TPSA) is 80.5 Å². The molecule has 4 rings (SSSR count). The number of aryl methyl sites for hydroxylation is 3. The molecule has 1 aliphatic rings. The lowest BCUT2D eigenvalue weighted by molar-refractivity contribution is 0.318. The van der Waals surface area contributed by atoms with Crippen molar-refractivity contribution < 1.29 is 8.42 Å². The summed E-state index contributed by atoms with van der Waals surface area (Å²) in [5.41, 5.74) is 1.75. The lowest BCUT2D eigenvalue weighted by Crippen LogP contribution is -2.38. The van der Waals surface area contributed by atoms with Gasteiger partial charge in [0, 0.05) is 19.0 Å². The van der Waals surface area contributed by atoms with E-state index >= 15 is 0 Å². The van der Waals surface area contributed by atoms with Gasteiger partial charge in [-0.1, -0.05) is 23.5 Å². The highest BCUT2D eigenvalue weighted by Gasteiger charge is 2.32. The van der Waals surface area contributed by atoms with Crippen molar-refractivity contribution in [1.82, 2.24) is 24.1 Å². The molecule has 1 fully saturated rings. The average Bonchev–Trinajstić information content (AvgIpc) is 3.19. The highest BCUT2D eigenvalue weighted by atomic mass is 32.2. The first-order valence-electron chi connectivity index (χ1n) is 8.62. The lowest BCUT2D eigenvalue weighted by atomic mass is 9.99. The Hall–Kier alpha value is -1.84. The number of aromatic nitrogens is 4. The molecular formula is C17H21N5O2S2. The molecule has 7 nitrogen and oxygen atoms in total. The first-order valence-corrected chi connectivity index (χ1v) is 10.9. The van der Waals surface area contributed by atoms with Gasteiger partial charge in [-0.3, -0.25) is 0 Å². The summed E-state index contributed by atoms with van der Waals surface area (Å²) in [4.78, 5) is 1.22. The molecule has 0 bridgehead atoms. The minimum Gasteiger partial charge on any atom is -0.207 e. The molecule has 9 heteroatoms. The van der Waals surface area contributed by atoms with Gasteiger partial charge in [-0.25, -0.2) is 8.42 Å². The van der Waals surface area contributed by atoms with Gasteiger partial charge in [0.2, 0.25) is 15.0 Å². The molecular weight excluding hydrogens is 370 g/mol. The van der Waals surface area contributed by atoms with Crippen LogP contribution in [0.4, 0.5) is 0 Å². The van der Waals surface area contributed by atoms with Crippen LogP contribution in [0.5, 0.6) is 0 Å². The van der Waals surface area contributed by atoms with Crippen LogP contribution in [-0.4, -0.2) is 45.6 Å². The second-order valence-corrected chi connectivity index (χ2v) is 9.72. The molecule has 0 unspecified atom stereocenters. The number of nitrogens with zero attached hydrogens (tertiary/aromatic N) is 5. The molecule has 0 saturated carbocycles. The molecule has 0 atom stereocenters.